The van der Waals surface area contributed by atoms with Crippen LogP contribution in [0.4, 0.5) is 10.2 Å². The van der Waals surface area contributed by atoms with E-state index < -0.39 is 7.15 Å². The zero-order chi connectivity index (χ0) is 43.4. The van der Waals surface area contributed by atoms with Gasteiger partial charge in [-0.25, -0.2) is 29.5 Å². The summed E-state index contributed by atoms with van der Waals surface area (Å²) in [5.74, 6) is 0.134. The van der Waals surface area contributed by atoms with Crippen LogP contribution in [0.25, 0.3) is 44.6 Å². The van der Waals surface area contributed by atoms with Crippen molar-refractivity contribution in [1.29, 1.82) is 0 Å². The second-order valence-corrected chi connectivity index (χ2v) is 14.0. The number of fused-ring (bicyclic) bond motifs is 2. The molecule has 312 valence electrons. The van der Waals surface area contributed by atoms with E-state index in [0.717, 1.165) is 64.8 Å². The van der Waals surface area contributed by atoms with Gasteiger partial charge < -0.3 is 31.3 Å². The van der Waals surface area contributed by atoms with Gasteiger partial charge in [-0.2, -0.15) is 0 Å². The predicted molar refractivity (Wildman–Crippen MR) is 228 cm³/mol. The Balaban J connectivity index is 0.000000479. The third-order valence-corrected chi connectivity index (χ3v) is 9.93. The Morgan fingerprint density at radius 2 is 1.30 bits per heavy atom. The summed E-state index contributed by atoms with van der Waals surface area (Å²) in [6, 6.07) is 31.6. The number of anilines is 1. The number of carbonyl (C=O) groups is 3. The normalized spacial score (nSPS) is 14.9. The van der Waals surface area contributed by atoms with Crippen LogP contribution in [0.1, 0.15) is 63.0 Å². The molecule has 2 aliphatic heterocycles. The Morgan fingerprint density at radius 3 is 1.70 bits per heavy atom. The first-order valence-electron chi connectivity index (χ1n) is 19.4. The second-order valence-electron chi connectivity index (χ2n) is 13.3. The fraction of sp³-hybridized carbons (Fsp3) is 0.295. The molecule has 0 bridgehead atoms. The fourth-order valence-corrected chi connectivity index (χ4v) is 6.95. The number of alkyl halides is 1. The van der Waals surface area contributed by atoms with Gasteiger partial charge in [0.15, 0.2) is 5.82 Å². The molecule has 17 heteroatoms. The van der Waals surface area contributed by atoms with E-state index in [0.29, 0.717) is 32.8 Å². The molecule has 6 aromatic rings. The quantitative estimate of drug-likeness (QED) is 0.0846. The van der Waals surface area contributed by atoms with Gasteiger partial charge in [0, 0.05) is 29.8 Å². The van der Waals surface area contributed by atoms with Crippen LogP contribution in [0, 0.1) is 0 Å². The topological polar surface area (TPSA) is 169 Å². The number of ether oxygens (including phenoxy) is 2. The number of hydrogen-bond acceptors (Lipinski definition) is 13. The van der Waals surface area contributed by atoms with Crippen molar-refractivity contribution in [3.8, 4) is 22.5 Å². The third-order valence-electron chi connectivity index (χ3n) is 9.38. The molecule has 61 heavy (non-hydrogen) atoms. The van der Waals surface area contributed by atoms with Gasteiger partial charge in [0.25, 0.3) is 6.47 Å². The first-order chi connectivity index (χ1) is 29.1. The summed E-state index contributed by atoms with van der Waals surface area (Å²) < 4.78 is 25.7. The van der Waals surface area contributed by atoms with Crippen molar-refractivity contribution in [1.82, 2.24) is 25.3 Å². The van der Waals surface area contributed by atoms with Crippen molar-refractivity contribution >= 4 is 62.2 Å². The van der Waals surface area contributed by atoms with Crippen LogP contribution in [0.3, 0.4) is 0 Å². The van der Waals surface area contributed by atoms with E-state index in [1.807, 2.05) is 54.6 Å². The molecule has 2 fully saturated rings. The average Bonchev–Trinajstić information content (AvgIpc) is 3.96. The van der Waals surface area contributed by atoms with Gasteiger partial charge in [0.2, 0.25) is 0 Å². The van der Waals surface area contributed by atoms with Crippen LogP contribution < -0.4 is 118 Å². The number of nitrogens with one attached hydrogen (secondary N) is 1. The number of nitrogens with zero attached hydrogens (tertiary/aromatic N) is 5. The van der Waals surface area contributed by atoms with E-state index in [2.05, 4.69) is 67.0 Å². The first-order valence-corrected chi connectivity index (χ1v) is 19.5. The summed E-state index contributed by atoms with van der Waals surface area (Å²) in [5.41, 5.74) is 7.49. The molecule has 0 saturated carbocycles. The van der Waals surface area contributed by atoms with Gasteiger partial charge in [-0.05, 0) is 98.4 Å². The maximum atomic E-state index is 11.9. The third kappa shape index (κ3) is 15.8. The largest absolute Gasteiger partial charge is 1.00 e. The molecule has 0 amide bonds. The number of benzene rings is 4. The number of esters is 2. The van der Waals surface area contributed by atoms with Crippen LogP contribution in [0.5, 0.6) is 0 Å². The smallest absolute Gasteiger partial charge is 1.00 e. The summed E-state index contributed by atoms with van der Waals surface area (Å²) in [6.45, 7) is 6.48. The van der Waals surface area contributed by atoms with E-state index in [1.165, 1.54) is 33.6 Å². The van der Waals surface area contributed by atoms with Gasteiger partial charge in [-0.3, -0.25) is 9.18 Å². The Morgan fingerprint density at radius 1 is 0.803 bits per heavy atom. The molecule has 13 nitrogen and oxygen atoms in total. The molecule has 1 N–H and O–H groups in total. The van der Waals surface area contributed by atoms with Crippen LogP contribution in [0.15, 0.2) is 102 Å². The summed E-state index contributed by atoms with van der Waals surface area (Å²) in [5, 5.41) is 11.8. The molecule has 0 radical (unpaired) electrons. The van der Waals surface area contributed by atoms with Gasteiger partial charge in [-0.15, -0.1) is 0 Å². The van der Waals surface area contributed by atoms with Crippen LogP contribution in [-0.2, 0) is 19.2 Å². The van der Waals surface area contributed by atoms with E-state index in [-0.39, 0.29) is 123 Å². The van der Waals surface area contributed by atoms with Crippen LogP contribution in [0.2, 0.25) is 0 Å². The van der Waals surface area contributed by atoms with Gasteiger partial charge in [0.1, 0.15) is 16.0 Å². The van der Waals surface area contributed by atoms with E-state index in [4.69, 9.17) is 30.9 Å². The predicted octanol–water partition coefficient (Wildman–Crippen LogP) is 1.82. The van der Waals surface area contributed by atoms with Crippen molar-refractivity contribution in [3.63, 3.8) is 0 Å². The average molecular weight is 951 g/mol. The minimum Gasteiger partial charge on any atom is -1.00 e. The van der Waals surface area contributed by atoms with E-state index in [9.17, 15) is 14.0 Å². The van der Waals surface area contributed by atoms with Crippen LogP contribution >= 0.6 is 15.9 Å². The zero-order valence-electron chi connectivity index (χ0n) is 37.3. The molecule has 2 saturated heterocycles. The Hall–Kier alpha value is -2.63. The van der Waals surface area contributed by atoms with Gasteiger partial charge in [-0.1, -0.05) is 60.7 Å². The summed E-state index contributed by atoms with van der Waals surface area (Å²) in [7, 11) is 1.74. The molecular weight excluding hydrogens is 902 g/mol. The molecule has 1 unspecified atom stereocenters. The molecule has 2 aliphatic rings. The Kier molecular flexibility index (Phi) is 25.0. The zero-order valence-corrected chi connectivity index (χ0v) is 43.1. The molecule has 4 heterocycles. The van der Waals surface area contributed by atoms with Crippen molar-refractivity contribution in [2.45, 2.75) is 51.6 Å². The number of methoxy groups -OCH3 is 2. The van der Waals surface area contributed by atoms with E-state index in [1.54, 1.807) is 30.3 Å². The van der Waals surface area contributed by atoms with Crippen molar-refractivity contribution < 1.29 is 144 Å². The molecular formula is C44H48BrFK2N6O7. The molecule has 4 aromatic carbocycles. The summed E-state index contributed by atoms with van der Waals surface area (Å²) >= 11 is 3.44. The van der Waals surface area contributed by atoms with Crippen molar-refractivity contribution in [2.24, 2.45) is 0 Å². The Bertz CT molecular complexity index is 2330. The Labute approximate surface area is 451 Å². The first kappa shape index (κ1) is 52.7. The number of hydrogen-bond donors (Lipinski definition) is 1. The summed E-state index contributed by atoms with van der Waals surface area (Å²) in [6.07, 6.45) is 5.05. The molecule has 2 atom stereocenters. The fourth-order valence-electron chi connectivity index (χ4n) is 6.44. The maximum absolute atomic E-state index is 11.9. The second kappa shape index (κ2) is 28.9. The monoisotopic (exact) mass is 949 g/mol. The molecule has 0 spiro atoms. The molecule has 0 aliphatic carbocycles. The van der Waals surface area contributed by atoms with Crippen molar-refractivity contribution in [2.75, 3.05) is 39.4 Å². The number of aromatic nitrogens is 4. The SMILES string of the molecule is CC1CCCN1.COC(=O)c1ccc2nc(-c3ccccc3)c(Br)nc2c1.COC(=O)c1ccc2nc(-c3ccccc3)c(N3CCC[C@@H]3C)nc2c1.O=CO[O-].[2H]CF.[H-].[K+].[K+]. The van der Waals surface area contributed by atoms with E-state index >= 15 is 0 Å². The molecule has 2 aromatic heterocycles. The van der Waals surface area contributed by atoms with Crippen LogP contribution in [-0.4, -0.2) is 84.9 Å². The minimum absolute atomic E-state index is 0. The van der Waals surface area contributed by atoms with Gasteiger partial charge in [0.05, 0.1) is 55.9 Å². The maximum Gasteiger partial charge on any atom is 1.00 e. The molecule has 8 rings (SSSR count). The van der Waals surface area contributed by atoms with Crippen molar-refractivity contribution in [3.05, 3.63) is 113 Å². The number of rotatable bonds is 6. The minimum atomic E-state index is -1.00. The standard InChI is InChI=1S/C21H21N3O2.C16H11BrN2O2.C5H11N.CH3F.CH2O3.2K.H/c1-14-7-6-12-24(14)20-19(15-8-4-3-5-9-15)22-17-11-10-16(21(25)26-2)13-18(17)23-20;1-21-16(20)11-7-8-12-13(9-11)19-15(17)14(18-12)10-5-3-2-4-6-10;1-5-3-2-4-6-5;1-2;2-1-4-3;;;/h3-5,8-11,13-14H,6-7,12H2,1-2H3;2-9H,1H3;5-6H,2-4H2,1H3;1H3;1,3H;;;/q;;;;;2*+1;-1/p-1/t14-;;;;;;;/m0......./s1/i;;;1D;;;;. The summed E-state index contributed by atoms with van der Waals surface area (Å²) in [4.78, 5) is 55.9. The number of carbonyl (C=O) groups excluding carboxylic acids is 3. The van der Waals surface area contributed by atoms with Gasteiger partial charge >= 0.3 is 115 Å². The number of halogens is 2.